The van der Waals surface area contributed by atoms with Gasteiger partial charge in [-0.2, -0.15) is 0 Å². The van der Waals surface area contributed by atoms with Crippen molar-refractivity contribution in [3.05, 3.63) is 82.9 Å². The molecular weight excluding hydrogens is 424 g/mol. The van der Waals surface area contributed by atoms with E-state index in [1.807, 2.05) is 67.5 Å². The second-order valence-corrected chi connectivity index (χ2v) is 9.28. The molecule has 0 spiro atoms. The SMILES string of the molecule is CCC(Cc1ccccc1)(C(=O)c1ccc(C2(CCCOC)C=C(C(C)=O)C=N2)cc1)N(C)C. The Bertz CT molecular complexity index is 1060. The third-order valence-corrected chi connectivity index (χ3v) is 6.99. The zero-order valence-corrected chi connectivity index (χ0v) is 21.0. The van der Waals surface area contributed by atoms with Crippen LogP contribution in [-0.2, 0) is 21.5 Å². The van der Waals surface area contributed by atoms with Gasteiger partial charge in [0.05, 0.1) is 5.54 Å². The van der Waals surface area contributed by atoms with Crippen molar-refractivity contribution in [3.63, 3.8) is 0 Å². The van der Waals surface area contributed by atoms with Crippen LogP contribution in [0.3, 0.4) is 0 Å². The Morgan fingerprint density at radius 3 is 2.26 bits per heavy atom. The molecule has 34 heavy (non-hydrogen) atoms. The molecule has 1 aliphatic rings. The van der Waals surface area contributed by atoms with Crippen molar-refractivity contribution >= 4 is 17.8 Å². The molecule has 2 aromatic carbocycles. The highest BCUT2D eigenvalue weighted by Crippen LogP contribution is 2.38. The first-order chi connectivity index (χ1) is 16.3. The molecule has 2 unspecified atom stereocenters. The van der Waals surface area contributed by atoms with Crippen molar-refractivity contribution in [1.29, 1.82) is 0 Å². The lowest BCUT2D eigenvalue weighted by Crippen LogP contribution is -2.52. The summed E-state index contributed by atoms with van der Waals surface area (Å²) in [7, 11) is 5.64. The second-order valence-electron chi connectivity index (χ2n) is 9.28. The van der Waals surface area contributed by atoms with E-state index in [1.54, 1.807) is 20.2 Å². The molecule has 5 nitrogen and oxygen atoms in total. The van der Waals surface area contributed by atoms with Crippen LogP contribution in [0.1, 0.15) is 54.6 Å². The molecule has 0 radical (unpaired) electrons. The Balaban J connectivity index is 1.93. The maximum atomic E-state index is 13.9. The van der Waals surface area contributed by atoms with E-state index in [-0.39, 0.29) is 11.6 Å². The van der Waals surface area contributed by atoms with Gasteiger partial charge in [-0.25, -0.2) is 0 Å². The number of carbonyl (C=O) groups is 2. The van der Waals surface area contributed by atoms with Crippen LogP contribution in [0, 0.1) is 0 Å². The molecule has 0 N–H and O–H groups in total. The van der Waals surface area contributed by atoms with Gasteiger partial charge in [-0.1, -0.05) is 61.5 Å². The lowest BCUT2D eigenvalue weighted by atomic mass is 9.79. The van der Waals surface area contributed by atoms with Crippen molar-refractivity contribution < 1.29 is 14.3 Å². The van der Waals surface area contributed by atoms with Crippen LogP contribution in [0.2, 0.25) is 0 Å². The number of hydrogen-bond acceptors (Lipinski definition) is 5. The van der Waals surface area contributed by atoms with Crippen molar-refractivity contribution in [3.8, 4) is 0 Å². The molecule has 0 aliphatic carbocycles. The van der Waals surface area contributed by atoms with Gasteiger partial charge in [-0.3, -0.25) is 19.5 Å². The maximum Gasteiger partial charge on any atom is 0.183 e. The van der Waals surface area contributed by atoms with Crippen LogP contribution >= 0.6 is 0 Å². The molecule has 1 aliphatic heterocycles. The Morgan fingerprint density at radius 1 is 1.06 bits per heavy atom. The highest BCUT2D eigenvalue weighted by molar-refractivity contribution is 6.13. The Hall–Kier alpha value is -2.89. The van der Waals surface area contributed by atoms with E-state index in [1.165, 1.54) is 0 Å². The number of aliphatic imine (C=N–C) groups is 1. The fraction of sp³-hybridized carbons (Fsp3) is 0.414. The lowest BCUT2D eigenvalue weighted by Gasteiger charge is -2.38. The van der Waals surface area contributed by atoms with Crippen molar-refractivity contribution in [2.75, 3.05) is 27.8 Å². The summed E-state index contributed by atoms with van der Waals surface area (Å²) in [6.07, 6.45) is 6.51. The van der Waals surface area contributed by atoms with Gasteiger partial charge in [0.1, 0.15) is 5.54 Å². The van der Waals surface area contributed by atoms with Crippen LogP contribution in [0.15, 0.2) is 71.2 Å². The van der Waals surface area contributed by atoms with Gasteiger partial charge in [0.15, 0.2) is 11.6 Å². The summed E-state index contributed by atoms with van der Waals surface area (Å²) in [6, 6.07) is 17.9. The molecule has 5 heteroatoms. The molecule has 180 valence electrons. The minimum absolute atomic E-state index is 0.00351. The number of rotatable bonds is 12. The molecule has 0 aromatic heterocycles. The van der Waals surface area contributed by atoms with Crippen LogP contribution in [0.4, 0.5) is 0 Å². The standard InChI is InChI=1S/C29H36N2O3/c1-6-29(31(3)4,19-23-11-8-7-9-12-23)27(33)24-13-15-26(16-14-24)28(17-10-18-34-5)20-25(21-30-28)22(2)32/h7-9,11-16,20-21H,6,10,17-19H2,1-5H3. The summed E-state index contributed by atoms with van der Waals surface area (Å²) in [6.45, 7) is 4.25. The molecule has 0 saturated carbocycles. The summed E-state index contributed by atoms with van der Waals surface area (Å²) in [4.78, 5) is 32.6. The summed E-state index contributed by atoms with van der Waals surface area (Å²) < 4.78 is 5.24. The number of methoxy groups -OCH3 is 1. The number of carbonyl (C=O) groups excluding carboxylic acids is 2. The molecule has 1 heterocycles. The topological polar surface area (TPSA) is 59.0 Å². The number of nitrogens with zero attached hydrogens (tertiary/aromatic N) is 2. The zero-order valence-electron chi connectivity index (χ0n) is 21.0. The lowest BCUT2D eigenvalue weighted by molar-refractivity contribution is -0.113. The highest BCUT2D eigenvalue weighted by Gasteiger charge is 2.40. The number of benzene rings is 2. The monoisotopic (exact) mass is 460 g/mol. The Labute approximate surface area is 203 Å². The van der Waals surface area contributed by atoms with E-state index in [9.17, 15) is 9.59 Å². The number of allylic oxidation sites excluding steroid dienone is 1. The molecule has 0 amide bonds. The first kappa shape index (κ1) is 25.7. The number of likely N-dealkylation sites (N-methyl/N-ethyl adjacent to an activating group) is 1. The van der Waals surface area contributed by atoms with Crippen LogP contribution < -0.4 is 0 Å². The summed E-state index contributed by atoms with van der Waals surface area (Å²) in [5.74, 6) is 0.113. The van der Waals surface area contributed by atoms with Gasteiger partial charge in [0, 0.05) is 31.1 Å². The third-order valence-electron chi connectivity index (χ3n) is 6.99. The van der Waals surface area contributed by atoms with Crippen LogP contribution in [0.5, 0.6) is 0 Å². The predicted molar refractivity (Wildman–Crippen MR) is 138 cm³/mol. The smallest absolute Gasteiger partial charge is 0.183 e. The van der Waals surface area contributed by atoms with Gasteiger partial charge in [0.25, 0.3) is 0 Å². The number of ketones is 2. The average Bonchev–Trinajstić information content (AvgIpc) is 3.29. The van der Waals surface area contributed by atoms with Crippen molar-refractivity contribution in [2.24, 2.45) is 4.99 Å². The zero-order chi connectivity index (χ0) is 24.8. The van der Waals surface area contributed by atoms with E-state index in [2.05, 4.69) is 19.1 Å². The van der Waals surface area contributed by atoms with Crippen LogP contribution in [0.25, 0.3) is 0 Å². The summed E-state index contributed by atoms with van der Waals surface area (Å²) in [5, 5.41) is 0. The molecular formula is C29H36N2O3. The largest absolute Gasteiger partial charge is 0.385 e. The molecule has 3 rings (SSSR count). The third kappa shape index (κ3) is 5.26. The van der Waals surface area contributed by atoms with Crippen molar-refractivity contribution in [2.45, 2.75) is 50.6 Å². The van der Waals surface area contributed by atoms with E-state index in [0.717, 1.165) is 24.0 Å². The fourth-order valence-corrected chi connectivity index (χ4v) is 4.79. The van der Waals surface area contributed by atoms with E-state index < -0.39 is 11.1 Å². The fourth-order valence-electron chi connectivity index (χ4n) is 4.79. The Kier molecular flexibility index (Phi) is 8.34. The minimum Gasteiger partial charge on any atom is -0.385 e. The average molecular weight is 461 g/mol. The number of ether oxygens (including phenoxy) is 1. The highest BCUT2D eigenvalue weighted by atomic mass is 16.5. The maximum absolute atomic E-state index is 13.9. The van der Waals surface area contributed by atoms with Gasteiger partial charge in [-0.15, -0.1) is 0 Å². The second kappa shape index (κ2) is 11.0. The van der Waals surface area contributed by atoms with Gasteiger partial charge >= 0.3 is 0 Å². The Morgan fingerprint density at radius 2 is 1.74 bits per heavy atom. The first-order valence-electron chi connectivity index (χ1n) is 11.9. The summed E-state index contributed by atoms with van der Waals surface area (Å²) in [5.41, 5.74) is 2.18. The first-order valence-corrected chi connectivity index (χ1v) is 11.9. The molecule has 0 fully saturated rings. The van der Waals surface area contributed by atoms with E-state index in [0.29, 0.717) is 30.6 Å². The van der Waals surface area contributed by atoms with Crippen molar-refractivity contribution in [1.82, 2.24) is 4.90 Å². The van der Waals surface area contributed by atoms with Crippen LogP contribution in [-0.4, -0.2) is 56.0 Å². The number of Topliss-reactive ketones (excluding diaryl/α,β-unsaturated/α-hetero) is 2. The normalized spacial score (nSPS) is 19.2. The predicted octanol–water partition coefficient (Wildman–Crippen LogP) is 5.04. The van der Waals surface area contributed by atoms with E-state index in [4.69, 9.17) is 9.73 Å². The summed E-state index contributed by atoms with van der Waals surface area (Å²) >= 11 is 0. The quantitative estimate of drug-likeness (QED) is 0.329. The minimum atomic E-state index is -0.633. The van der Waals surface area contributed by atoms with E-state index >= 15 is 0 Å². The van der Waals surface area contributed by atoms with Gasteiger partial charge in [-0.05, 0) is 63.9 Å². The van der Waals surface area contributed by atoms with Gasteiger partial charge in [0.2, 0.25) is 0 Å². The van der Waals surface area contributed by atoms with Gasteiger partial charge < -0.3 is 4.74 Å². The molecule has 0 saturated heterocycles. The molecule has 2 aromatic rings. The molecule has 0 bridgehead atoms. The number of hydrogen-bond donors (Lipinski definition) is 0. The molecule has 2 atom stereocenters.